The number of alkyl halides is 1. The minimum Gasteiger partial charge on any atom is -0.293 e. The van der Waals surface area contributed by atoms with Gasteiger partial charge in [-0.2, -0.15) is 0 Å². The fraction of sp³-hybridized carbons (Fsp3) is 0.136. The van der Waals surface area contributed by atoms with Crippen LogP contribution in [0.2, 0.25) is 0 Å². The van der Waals surface area contributed by atoms with Gasteiger partial charge in [-0.25, -0.2) is 0 Å². The van der Waals surface area contributed by atoms with Gasteiger partial charge in [0.25, 0.3) is 0 Å². The fourth-order valence-electron chi connectivity index (χ4n) is 3.23. The van der Waals surface area contributed by atoms with E-state index < -0.39 is 16.8 Å². The summed E-state index contributed by atoms with van der Waals surface area (Å²) < 4.78 is 0.863. The minimum absolute atomic E-state index is 0.191. The van der Waals surface area contributed by atoms with Gasteiger partial charge >= 0.3 is 0 Å². The fourth-order valence-corrected chi connectivity index (χ4v) is 4.36. The first-order valence-corrected chi connectivity index (χ1v) is 10.4. The average Bonchev–Trinajstić information content (AvgIpc) is 2.72. The molecule has 4 nitrogen and oxygen atoms in total. The summed E-state index contributed by atoms with van der Waals surface area (Å²) in [6.45, 7) is 0. The van der Waals surface area contributed by atoms with Gasteiger partial charge in [0.1, 0.15) is 0 Å². The first-order chi connectivity index (χ1) is 13.5. The molecule has 3 rings (SSSR count). The second-order valence-corrected chi connectivity index (χ2v) is 8.25. The Morgan fingerprint density at radius 1 is 0.821 bits per heavy atom. The molecule has 0 aliphatic rings. The standard InChI is InChI=1S/C22H17Br2NO3/c23-18-13-11-17(12-14-18)22(26)20(24)19(15-7-3-1-4-8-15)21(25(27)28)16-9-5-2-6-10-16/h1-14,19-21H. The Bertz CT molecular complexity index is 947. The molecule has 28 heavy (non-hydrogen) atoms. The lowest BCUT2D eigenvalue weighted by Crippen LogP contribution is -2.31. The van der Waals surface area contributed by atoms with Gasteiger partial charge in [0.05, 0.1) is 10.7 Å². The second kappa shape index (κ2) is 9.26. The Labute approximate surface area is 180 Å². The van der Waals surface area contributed by atoms with E-state index in [4.69, 9.17) is 0 Å². The highest BCUT2D eigenvalue weighted by molar-refractivity contribution is 9.10. The first kappa shape index (κ1) is 20.4. The maximum absolute atomic E-state index is 13.1. The number of benzene rings is 3. The van der Waals surface area contributed by atoms with Crippen LogP contribution >= 0.6 is 31.9 Å². The van der Waals surface area contributed by atoms with Crippen molar-refractivity contribution in [2.24, 2.45) is 0 Å². The number of carbonyl (C=O) groups excluding carboxylic acids is 1. The highest BCUT2D eigenvalue weighted by Crippen LogP contribution is 2.40. The zero-order valence-electron chi connectivity index (χ0n) is 14.7. The van der Waals surface area contributed by atoms with Crippen molar-refractivity contribution in [2.45, 2.75) is 16.8 Å². The van der Waals surface area contributed by atoms with Crippen molar-refractivity contribution in [1.82, 2.24) is 0 Å². The van der Waals surface area contributed by atoms with Crippen LogP contribution in [0, 0.1) is 10.1 Å². The molecule has 3 atom stereocenters. The van der Waals surface area contributed by atoms with Gasteiger partial charge < -0.3 is 0 Å². The lowest BCUT2D eigenvalue weighted by atomic mass is 9.82. The molecule has 142 valence electrons. The Kier molecular flexibility index (Phi) is 6.75. The zero-order valence-corrected chi connectivity index (χ0v) is 17.9. The van der Waals surface area contributed by atoms with E-state index in [1.54, 1.807) is 48.5 Å². The van der Waals surface area contributed by atoms with Crippen molar-refractivity contribution < 1.29 is 9.72 Å². The Balaban J connectivity index is 2.07. The predicted octanol–water partition coefficient (Wildman–Crippen LogP) is 6.20. The molecular formula is C22H17Br2NO3. The molecule has 0 saturated carbocycles. The number of Topliss-reactive ketones (excluding diaryl/α,β-unsaturated/α-hetero) is 1. The molecule has 0 saturated heterocycles. The normalized spacial score (nSPS) is 14.1. The molecule has 3 aromatic carbocycles. The summed E-state index contributed by atoms with van der Waals surface area (Å²) in [7, 11) is 0. The molecule has 0 fully saturated rings. The van der Waals surface area contributed by atoms with Gasteiger partial charge in [-0.15, -0.1) is 0 Å². The van der Waals surface area contributed by atoms with E-state index in [1.807, 2.05) is 36.4 Å². The molecule has 0 aromatic heterocycles. The van der Waals surface area contributed by atoms with E-state index in [1.165, 1.54) is 0 Å². The van der Waals surface area contributed by atoms with E-state index in [-0.39, 0.29) is 10.7 Å². The number of nitrogens with zero attached hydrogens (tertiary/aromatic N) is 1. The average molecular weight is 503 g/mol. The van der Waals surface area contributed by atoms with E-state index in [0.717, 1.165) is 10.0 Å². The van der Waals surface area contributed by atoms with E-state index in [2.05, 4.69) is 31.9 Å². The van der Waals surface area contributed by atoms with Crippen molar-refractivity contribution in [3.05, 3.63) is 116 Å². The van der Waals surface area contributed by atoms with E-state index in [9.17, 15) is 14.9 Å². The van der Waals surface area contributed by atoms with Crippen LogP contribution < -0.4 is 0 Å². The SMILES string of the molecule is O=C(c1ccc(Br)cc1)C(Br)C(c1ccccc1)C(c1ccccc1)[N+](=O)[O-]. The monoisotopic (exact) mass is 501 g/mol. The van der Waals surface area contributed by atoms with E-state index in [0.29, 0.717) is 11.1 Å². The van der Waals surface area contributed by atoms with Crippen molar-refractivity contribution in [1.29, 1.82) is 0 Å². The summed E-state index contributed by atoms with van der Waals surface area (Å²) in [4.78, 5) is 24.2. The van der Waals surface area contributed by atoms with Crippen LogP contribution in [0.25, 0.3) is 0 Å². The number of hydrogen-bond donors (Lipinski definition) is 0. The third kappa shape index (κ3) is 4.56. The molecule has 0 N–H and O–H groups in total. The highest BCUT2D eigenvalue weighted by atomic mass is 79.9. The predicted molar refractivity (Wildman–Crippen MR) is 117 cm³/mol. The first-order valence-electron chi connectivity index (χ1n) is 8.66. The number of hydrogen-bond acceptors (Lipinski definition) is 3. The lowest BCUT2D eigenvalue weighted by Gasteiger charge is -2.25. The molecule has 0 spiro atoms. The minimum atomic E-state index is -1.06. The third-order valence-electron chi connectivity index (χ3n) is 4.59. The Hall–Kier alpha value is -2.31. The topological polar surface area (TPSA) is 60.2 Å². The number of carbonyl (C=O) groups is 1. The number of rotatable bonds is 7. The van der Waals surface area contributed by atoms with Crippen LogP contribution in [0.1, 0.15) is 33.4 Å². The van der Waals surface area contributed by atoms with Gasteiger partial charge in [-0.3, -0.25) is 14.9 Å². The largest absolute Gasteiger partial charge is 0.293 e. The highest BCUT2D eigenvalue weighted by Gasteiger charge is 2.42. The van der Waals surface area contributed by atoms with Crippen molar-refractivity contribution in [3.63, 3.8) is 0 Å². The van der Waals surface area contributed by atoms with Crippen LogP contribution in [0.5, 0.6) is 0 Å². The maximum atomic E-state index is 13.1. The van der Waals surface area contributed by atoms with Crippen molar-refractivity contribution in [3.8, 4) is 0 Å². The van der Waals surface area contributed by atoms with Crippen LogP contribution in [0.15, 0.2) is 89.4 Å². The van der Waals surface area contributed by atoms with E-state index >= 15 is 0 Å². The number of ketones is 1. The number of halogens is 2. The summed E-state index contributed by atoms with van der Waals surface area (Å²) in [5.41, 5.74) is 1.80. The van der Waals surface area contributed by atoms with Crippen molar-refractivity contribution in [2.75, 3.05) is 0 Å². The maximum Gasteiger partial charge on any atom is 0.246 e. The van der Waals surface area contributed by atoms with Crippen LogP contribution in [0.3, 0.4) is 0 Å². The summed E-state index contributed by atoms with van der Waals surface area (Å²) in [6.07, 6.45) is 0. The van der Waals surface area contributed by atoms with Gasteiger partial charge in [0.2, 0.25) is 6.04 Å². The summed E-state index contributed by atoms with van der Waals surface area (Å²) in [5.74, 6) is -0.862. The van der Waals surface area contributed by atoms with Crippen LogP contribution in [-0.2, 0) is 0 Å². The Morgan fingerprint density at radius 3 is 1.82 bits per heavy atom. The summed E-state index contributed by atoms with van der Waals surface area (Å²) in [5, 5.41) is 12.1. The molecule has 0 aliphatic carbocycles. The van der Waals surface area contributed by atoms with Gasteiger partial charge in [-0.1, -0.05) is 105 Å². The summed E-state index contributed by atoms with van der Waals surface area (Å²) >= 11 is 6.86. The van der Waals surface area contributed by atoms with Crippen LogP contribution in [-0.4, -0.2) is 15.5 Å². The quantitative estimate of drug-likeness (QED) is 0.167. The van der Waals surface area contributed by atoms with Crippen LogP contribution in [0.4, 0.5) is 0 Å². The Morgan fingerprint density at radius 2 is 1.32 bits per heavy atom. The summed E-state index contributed by atoms with van der Waals surface area (Å²) in [6, 6.07) is 23.9. The van der Waals surface area contributed by atoms with Crippen molar-refractivity contribution >= 4 is 37.6 Å². The van der Waals surface area contributed by atoms with Gasteiger partial charge in [0.15, 0.2) is 5.78 Å². The molecule has 0 bridgehead atoms. The molecule has 0 heterocycles. The smallest absolute Gasteiger partial charge is 0.246 e. The molecule has 3 aromatic rings. The molecule has 0 amide bonds. The van der Waals surface area contributed by atoms with Gasteiger partial charge in [0, 0.05) is 20.5 Å². The molecule has 6 heteroatoms. The second-order valence-electron chi connectivity index (χ2n) is 6.35. The molecular weight excluding hydrogens is 486 g/mol. The lowest BCUT2D eigenvalue weighted by molar-refractivity contribution is -0.533. The number of nitro groups is 1. The third-order valence-corrected chi connectivity index (χ3v) is 6.10. The molecule has 0 radical (unpaired) electrons. The molecule has 0 aliphatic heterocycles. The van der Waals surface area contributed by atoms with Gasteiger partial charge in [-0.05, 0) is 17.7 Å². The molecule has 3 unspecified atom stereocenters. The zero-order chi connectivity index (χ0) is 20.1.